The number of esters is 3. The minimum Gasteiger partial charge on any atom is -0.462 e. The summed E-state index contributed by atoms with van der Waals surface area (Å²) in [6.45, 7) is 6.51. The Labute approximate surface area is 178 Å². The van der Waals surface area contributed by atoms with Gasteiger partial charge in [-0.15, -0.1) is 11.3 Å². The van der Waals surface area contributed by atoms with E-state index in [-0.39, 0.29) is 28.7 Å². The molecule has 0 aliphatic heterocycles. The second kappa shape index (κ2) is 10.5. The minimum absolute atomic E-state index is 0.0723. The van der Waals surface area contributed by atoms with E-state index in [9.17, 15) is 19.2 Å². The van der Waals surface area contributed by atoms with Crippen LogP contribution in [0, 0.1) is 13.8 Å². The normalized spacial score (nSPS) is 10.3. The zero-order chi connectivity index (χ0) is 22.3. The van der Waals surface area contributed by atoms with Crippen LogP contribution < -0.4 is 5.32 Å². The van der Waals surface area contributed by atoms with Gasteiger partial charge in [0.15, 0.2) is 6.61 Å². The molecule has 0 radical (unpaired) electrons. The SMILES string of the molecule is CCOC(=O)c1sc(NC(=O)COC(=O)c2ccc(C)cc2)c(C(=O)OCC)c1C. The molecular formula is C21H23NO7S. The predicted octanol–water partition coefficient (Wildman–Crippen LogP) is 3.51. The van der Waals surface area contributed by atoms with Crippen molar-refractivity contribution in [3.63, 3.8) is 0 Å². The molecular weight excluding hydrogens is 410 g/mol. The number of carbonyl (C=O) groups is 4. The molecule has 0 fully saturated rings. The highest BCUT2D eigenvalue weighted by atomic mass is 32.1. The smallest absolute Gasteiger partial charge is 0.348 e. The second-order valence-corrected chi connectivity index (χ2v) is 7.21. The van der Waals surface area contributed by atoms with Gasteiger partial charge in [0.25, 0.3) is 5.91 Å². The van der Waals surface area contributed by atoms with E-state index in [0.29, 0.717) is 11.1 Å². The first-order chi connectivity index (χ1) is 14.3. The van der Waals surface area contributed by atoms with Gasteiger partial charge in [-0.3, -0.25) is 4.79 Å². The van der Waals surface area contributed by atoms with E-state index in [2.05, 4.69) is 5.32 Å². The molecule has 1 N–H and O–H groups in total. The van der Waals surface area contributed by atoms with Crippen molar-refractivity contribution in [2.24, 2.45) is 0 Å². The highest BCUT2D eigenvalue weighted by molar-refractivity contribution is 7.18. The van der Waals surface area contributed by atoms with Gasteiger partial charge in [0.2, 0.25) is 0 Å². The Morgan fingerprint density at radius 3 is 2.07 bits per heavy atom. The molecule has 2 aromatic rings. The van der Waals surface area contributed by atoms with Crippen LogP contribution in [-0.2, 0) is 19.0 Å². The molecule has 160 valence electrons. The van der Waals surface area contributed by atoms with E-state index in [0.717, 1.165) is 16.9 Å². The number of rotatable bonds is 8. The molecule has 1 aromatic heterocycles. The van der Waals surface area contributed by atoms with Crippen molar-refractivity contribution < 1.29 is 33.4 Å². The van der Waals surface area contributed by atoms with Gasteiger partial charge in [-0.1, -0.05) is 17.7 Å². The van der Waals surface area contributed by atoms with Crippen LogP contribution in [0.5, 0.6) is 0 Å². The highest BCUT2D eigenvalue weighted by Crippen LogP contribution is 2.34. The third kappa shape index (κ3) is 5.66. The van der Waals surface area contributed by atoms with Crippen LogP contribution in [0.4, 0.5) is 5.00 Å². The third-order valence-electron chi connectivity index (χ3n) is 3.96. The van der Waals surface area contributed by atoms with Gasteiger partial charge in [0.05, 0.1) is 24.3 Å². The Bertz CT molecular complexity index is 947. The first-order valence-electron chi connectivity index (χ1n) is 9.29. The molecule has 0 aliphatic carbocycles. The maximum absolute atomic E-state index is 12.3. The lowest BCUT2D eigenvalue weighted by atomic mass is 10.1. The summed E-state index contributed by atoms with van der Waals surface area (Å²) < 4.78 is 15.0. The van der Waals surface area contributed by atoms with Gasteiger partial charge in [0, 0.05) is 0 Å². The molecule has 8 nitrogen and oxygen atoms in total. The molecule has 0 atom stereocenters. The molecule has 0 unspecified atom stereocenters. The highest BCUT2D eigenvalue weighted by Gasteiger charge is 2.27. The monoisotopic (exact) mass is 433 g/mol. The lowest BCUT2D eigenvalue weighted by Crippen LogP contribution is -2.21. The summed E-state index contributed by atoms with van der Waals surface area (Å²) in [5.74, 6) is -2.58. The Hall–Kier alpha value is -3.20. The van der Waals surface area contributed by atoms with Crippen molar-refractivity contribution in [3.8, 4) is 0 Å². The number of hydrogen-bond acceptors (Lipinski definition) is 8. The molecule has 2 rings (SSSR count). The maximum Gasteiger partial charge on any atom is 0.348 e. The third-order valence-corrected chi connectivity index (χ3v) is 5.15. The average Bonchev–Trinajstić information content (AvgIpc) is 3.03. The number of amides is 1. The number of carbonyl (C=O) groups excluding carboxylic acids is 4. The van der Waals surface area contributed by atoms with E-state index in [1.54, 1.807) is 45.0 Å². The summed E-state index contributed by atoms with van der Waals surface area (Å²) >= 11 is 0.901. The van der Waals surface area contributed by atoms with E-state index in [1.807, 2.05) is 6.92 Å². The van der Waals surface area contributed by atoms with Crippen LogP contribution in [-0.4, -0.2) is 43.6 Å². The lowest BCUT2D eigenvalue weighted by Gasteiger charge is -2.08. The van der Waals surface area contributed by atoms with Crippen molar-refractivity contribution in [3.05, 3.63) is 51.4 Å². The zero-order valence-electron chi connectivity index (χ0n) is 17.2. The van der Waals surface area contributed by atoms with Crippen molar-refractivity contribution in [1.82, 2.24) is 0 Å². The fraction of sp³-hybridized carbons (Fsp3) is 0.333. The average molecular weight is 433 g/mol. The number of benzene rings is 1. The Morgan fingerprint density at radius 1 is 0.867 bits per heavy atom. The molecule has 1 amide bonds. The largest absolute Gasteiger partial charge is 0.462 e. The van der Waals surface area contributed by atoms with E-state index in [4.69, 9.17) is 14.2 Å². The van der Waals surface area contributed by atoms with Gasteiger partial charge < -0.3 is 19.5 Å². The Balaban J connectivity index is 2.14. The number of aryl methyl sites for hydroxylation is 1. The van der Waals surface area contributed by atoms with Gasteiger partial charge in [-0.05, 0) is 45.4 Å². The molecule has 0 spiro atoms. The van der Waals surface area contributed by atoms with Crippen molar-refractivity contribution >= 4 is 40.2 Å². The van der Waals surface area contributed by atoms with Crippen LogP contribution in [0.15, 0.2) is 24.3 Å². The first kappa shape index (κ1) is 23.1. The summed E-state index contributed by atoms with van der Waals surface area (Å²) in [7, 11) is 0. The molecule has 0 saturated heterocycles. The van der Waals surface area contributed by atoms with Crippen LogP contribution in [0.3, 0.4) is 0 Å². The second-order valence-electron chi connectivity index (χ2n) is 6.19. The number of ether oxygens (including phenoxy) is 3. The molecule has 0 saturated carbocycles. The fourth-order valence-electron chi connectivity index (χ4n) is 2.51. The van der Waals surface area contributed by atoms with Crippen LogP contribution in [0.25, 0.3) is 0 Å². The summed E-state index contributed by atoms with van der Waals surface area (Å²) in [5.41, 5.74) is 1.73. The summed E-state index contributed by atoms with van der Waals surface area (Å²) in [4.78, 5) is 49.0. The Kier molecular flexibility index (Phi) is 8.11. The number of anilines is 1. The van der Waals surface area contributed by atoms with Gasteiger partial charge in [-0.2, -0.15) is 0 Å². The van der Waals surface area contributed by atoms with Gasteiger partial charge in [0.1, 0.15) is 9.88 Å². The van der Waals surface area contributed by atoms with Crippen LogP contribution >= 0.6 is 11.3 Å². The first-order valence-corrected chi connectivity index (χ1v) is 10.1. The zero-order valence-corrected chi connectivity index (χ0v) is 18.0. The summed E-state index contributed by atoms with van der Waals surface area (Å²) in [6.07, 6.45) is 0. The topological polar surface area (TPSA) is 108 Å². The number of nitrogens with one attached hydrogen (secondary N) is 1. The van der Waals surface area contributed by atoms with Crippen LogP contribution in [0.1, 0.15) is 55.4 Å². The van der Waals surface area contributed by atoms with Crippen molar-refractivity contribution in [2.45, 2.75) is 27.7 Å². The molecule has 1 aromatic carbocycles. The summed E-state index contributed by atoms with van der Waals surface area (Å²) in [6, 6.07) is 6.71. The molecule has 0 aliphatic rings. The molecule has 9 heteroatoms. The van der Waals surface area contributed by atoms with E-state index in [1.165, 1.54) is 0 Å². The van der Waals surface area contributed by atoms with E-state index >= 15 is 0 Å². The predicted molar refractivity (Wildman–Crippen MR) is 111 cm³/mol. The quantitative estimate of drug-likeness (QED) is 0.501. The molecule has 1 heterocycles. The molecule has 0 bridgehead atoms. The lowest BCUT2D eigenvalue weighted by molar-refractivity contribution is -0.119. The van der Waals surface area contributed by atoms with Crippen LogP contribution in [0.2, 0.25) is 0 Å². The maximum atomic E-state index is 12.3. The standard InChI is InChI=1S/C21H23NO7S/c1-5-27-20(25)16-13(4)17(21(26)28-6-2)30-18(16)22-15(23)11-29-19(24)14-9-7-12(3)8-10-14/h7-10H,5-6,11H2,1-4H3,(H,22,23). The van der Waals surface area contributed by atoms with E-state index < -0.39 is 30.4 Å². The van der Waals surface area contributed by atoms with Crippen molar-refractivity contribution in [2.75, 3.05) is 25.1 Å². The summed E-state index contributed by atoms with van der Waals surface area (Å²) in [5, 5.41) is 2.65. The number of hydrogen-bond donors (Lipinski definition) is 1. The Morgan fingerprint density at radius 2 is 1.47 bits per heavy atom. The number of thiophene rings is 1. The fourth-order valence-corrected chi connectivity index (χ4v) is 3.61. The van der Waals surface area contributed by atoms with Crippen molar-refractivity contribution in [1.29, 1.82) is 0 Å². The molecule has 30 heavy (non-hydrogen) atoms. The van der Waals surface area contributed by atoms with Gasteiger partial charge >= 0.3 is 17.9 Å². The minimum atomic E-state index is -0.672. The van der Waals surface area contributed by atoms with Gasteiger partial charge in [-0.25, -0.2) is 14.4 Å².